The van der Waals surface area contributed by atoms with Crippen LogP contribution in [0.5, 0.6) is 0 Å². The second-order valence-electron chi connectivity index (χ2n) is 8.05. The van der Waals surface area contributed by atoms with Crippen molar-refractivity contribution >= 4 is 23.7 Å². The van der Waals surface area contributed by atoms with Crippen LogP contribution in [0.25, 0.3) is 11.3 Å². The fraction of sp³-hybridized carbons (Fsp3) is 0.280. The first-order valence-corrected chi connectivity index (χ1v) is 10.6. The number of pyridine rings is 1. The maximum Gasteiger partial charge on any atom is 0.251 e. The average Bonchev–Trinajstić information content (AvgIpc) is 3.13. The molecule has 1 aliphatic heterocycles. The molecule has 1 fully saturated rings. The Bertz CT molecular complexity index is 1090. The van der Waals surface area contributed by atoms with Gasteiger partial charge in [-0.05, 0) is 62.6 Å². The van der Waals surface area contributed by atoms with Gasteiger partial charge < -0.3 is 16.0 Å². The van der Waals surface area contributed by atoms with E-state index in [4.69, 9.17) is 5.73 Å². The van der Waals surface area contributed by atoms with Gasteiger partial charge in [0.05, 0.1) is 11.4 Å². The highest BCUT2D eigenvalue weighted by molar-refractivity contribution is 6.01. The molecule has 0 bridgehead atoms. The van der Waals surface area contributed by atoms with E-state index in [1.165, 1.54) is 6.20 Å². The molecule has 1 saturated heterocycles. The first-order chi connectivity index (χ1) is 15.3. The number of aryl methyl sites for hydroxylation is 1. The van der Waals surface area contributed by atoms with Crippen molar-refractivity contribution in [2.24, 2.45) is 10.7 Å². The van der Waals surface area contributed by atoms with Crippen molar-refractivity contribution in [3.8, 4) is 11.3 Å². The smallest absolute Gasteiger partial charge is 0.251 e. The summed E-state index contributed by atoms with van der Waals surface area (Å²) in [6.07, 6.45) is 6.05. The van der Waals surface area contributed by atoms with Crippen molar-refractivity contribution in [2.75, 3.05) is 11.4 Å². The van der Waals surface area contributed by atoms with E-state index in [1.54, 1.807) is 36.4 Å². The molecule has 1 atom stereocenters. The van der Waals surface area contributed by atoms with Crippen LogP contribution in [0, 0.1) is 6.92 Å². The van der Waals surface area contributed by atoms with E-state index >= 15 is 0 Å². The number of rotatable bonds is 7. The van der Waals surface area contributed by atoms with Crippen molar-refractivity contribution in [3.63, 3.8) is 0 Å². The number of anilines is 1. The van der Waals surface area contributed by atoms with Gasteiger partial charge in [-0.2, -0.15) is 0 Å². The number of hydrogen-bond donors (Lipinski definition) is 2. The third-order valence-corrected chi connectivity index (χ3v) is 5.32. The number of aliphatic imine (C=N–C) groups is 1. The lowest BCUT2D eigenvalue weighted by Gasteiger charge is -2.23. The molecule has 7 heteroatoms. The van der Waals surface area contributed by atoms with Crippen LogP contribution in [-0.2, 0) is 4.79 Å². The first kappa shape index (κ1) is 22.9. The third kappa shape index (κ3) is 5.49. The number of benzene rings is 1. The van der Waals surface area contributed by atoms with E-state index in [2.05, 4.69) is 21.9 Å². The van der Waals surface area contributed by atoms with Gasteiger partial charge in [-0.15, -0.1) is 0 Å². The molecular weight excluding hydrogens is 402 g/mol. The molecule has 1 aromatic carbocycles. The lowest BCUT2D eigenvalue weighted by atomic mass is 10.0. The fourth-order valence-electron chi connectivity index (χ4n) is 3.47. The minimum absolute atomic E-state index is 0.0609. The number of nitrogens with one attached hydrogen (secondary N) is 1. The summed E-state index contributed by atoms with van der Waals surface area (Å²) in [6, 6.07) is 9.43. The summed E-state index contributed by atoms with van der Waals surface area (Å²) in [4.78, 5) is 35.9. The summed E-state index contributed by atoms with van der Waals surface area (Å²) in [7, 11) is 0. The number of nitrogens with zero attached hydrogens (tertiary/aromatic N) is 3. The molecule has 2 aromatic rings. The maximum atomic E-state index is 13.0. The number of amides is 2. The Hall–Kier alpha value is -3.74. The molecule has 1 aromatic heterocycles. The zero-order valence-corrected chi connectivity index (χ0v) is 18.8. The average molecular weight is 432 g/mol. The predicted molar refractivity (Wildman–Crippen MR) is 129 cm³/mol. The molecule has 2 heterocycles. The highest BCUT2D eigenvalue weighted by atomic mass is 16.2. The van der Waals surface area contributed by atoms with Gasteiger partial charge in [0.1, 0.15) is 0 Å². The first-order valence-electron chi connectivity index (χ1n) is 10.6. The summed E-state index contributed by atoms with van der Waals surface area (Å²) in [5.74, 6) is -0.203. The molecule has 1 aliphatic rings. The van der Waals surface area contributed by atoms with Crippen molar-refractivity contribution in [1.29, 1.82) is 0 Å². The lowest BCUT2D eigenvalue weighted by molar-refractivity contribution is -0.117. The molecule has 3 N–H and O–H groups in total. The van der Waals surface area contributed by atoms with Gasteiger partial charge in [0.25, 0.3) is 5.91 Å². The second kappa shape index (κ2) is 10.0. The summed E-state index contributed by atoms with van der Waals surface area (Å²) < 4.78 is 0. The van der Waals surface area contributed by atoms with Gasteiger partial charge in [0.2, 0.25) is 5.91 Å². The van der Waals surface area contributed by atoms with Crippen LogP contribution in [0.2, 0.25) is 0 Å². The number of carbonyl (C=O) groups is 2. The Labute approximate surface area is 188 Å². The molecule has 3 rings (SSSR count). The maximum absolute atomic E-state index is 13.0. The summed E-state index contributed by atoms with van der Waals surface area (Å²) >= 11 is 0. The lowest BCUT2D eigenvalue weighted by Crippen LogP contribution is -2.31. The Morgan fingerprint density at radius 3 is 2.78 bits per heavy atom. The summed E-state index contributed by atoms with van der Waals surface area (Å²) in [5.41, 5.74) is 10.4. The van der Waals surface area contributed by atoms with Gasteiger partial charge >= 0.3 is 0 Å². The van der Waals surface area contributed by atoms with Crippen molar-refractivity contribution in [1.82, 2.24) is 10.3 Å². The minimum Gasteiger partial charge on any atom is -0.403 e. The molecule has 0 radical (unpaired) electrons. The number of nitrogens with two attached hydrogens (primary N) is 1. The monoisotopic (exact) mass is 431 g/mol. The van der Waals surface area contributed by atoms with Gasteiger partial charge in [-0.1, -0.05) is 12.6 Å². The molecule has 32 heavy (non-hydrogen) atoms. The van der Waals surface area contributed by atoms with Gasteiger partial charge in [-0.25, -0.2) is 0 Å². The highest BCUT2D eigenvalue weighted by Gasteiger charge is 2.29. The largest absolute Gasteiger partial charge is 0.403 e. The van der Waals surface area contributed by atoms with E-state index < -0.39 is 0 Å². The quantitative estimate of drug-likeness (QED) is 0.652. The predicted octanol–water partition coefficient (Wildman–Crippen LogP) is 3.75. The number of allylic oxidation sites excluding steroid dienone is 1. The standard InChI is InChI=1S/C25H29N5O2/c1-16-5-7-23(28-13-16)20-9-21(11-22(10-20)30-19(4)6-8-24(30)31)25(32)29-15-17(2)14-27-18(3)12-26/h5,7,9-14,19H,2,6,8,15,26H2,1,3-4H3,(H,29,32)/b18-12-,27-14?. The Kier molecular flexibility index (Phi) is 7.20. The van der Waals surface area contributed by atoms with Crippen LogP contribution in [-0.4, -0.2) is 35.6 Å². The third-order valence-electron chi connectivity index (χ3n) is 5.32. The Morgan fingerprint density at radius 2 is 2.16 bits per heavy atom. The van der Waals surface area contributed by atoms with Crippen LogP contribution in [0.3, 0.4) is 0 Å². The SMILES string of the molecule is C=C(C=N/C(C)=C\N)CNC(=O)c1cc(-c2ccc(C)cn2)cc(N2C(=O)CCC2C)c1. The van der Waals surface area contributed by atoms with Crippen molar-refractivity contribution < 1.29 is 9.59 Å². The topological polar surface area (TPSA) is 101 Å². The van der Waals surface area contributed by atoms with E-state index in [0.717, 1.165) is 23.2 Å². The molecule has 0 saturated carbocycles. The normalized spacial score (nSPS) is 16.6. The number of aromatic nitrogens is 1. The highest BCUT2D eigenvalue weighted by Crippen LogP contribution is 2.31. The zero-order valence-electron chi connectivity index (χ0n) is 18.8. The Morgan fingerprint density at radius 1 is 1.38 bits per heavy atom. The zero-order chi connectivity index (χ0) is 23.3. The summed E-state index contributed by atoms with van der Waals surface area (Å²) in [6.45, 7) is 9.90. The Balaban J connectivity index is 1.89. The van der Waals surface area contributed by atoms with E-state index in [1.807, 2.05) is 32.0 Å². The molecule has 0 aliphatic carbocycles. The molecule has 0 spiro atoms. The van der Waals surface area contributed by atoms with E-state index in [9.17, 15) is 9.59 Å². The van der Waals surface area contributed by atoms with Gasteiger partial charge in [0, 0.05) is 54.4 Å². The van der Waals surface area contributed by atoms with Crippen molar-refractivity contribution in [2.45, 2.75) is 39.7 Å². The summed E-state index contributed by atoms with van der Waals surface area (Å²) in [5, 5.41) is 2.86. The van der Waals surface area contributed by atoms with E-state index in [0.29, 0.717) is 28.9 Å². The van der Waals surface area contributed by atoms with Gasteiger partial charge in [0.15, 0.2) is 0 Å². The van der Waals surface area contributed by atoms with Crippen LogP contribution < -0.4 is 16.0 Å². The van der Waals surface area contributed by atoms with E-state index in [-0.39, 0.29) is 24.4 Å². The number of hydrogen-bond acceptors (Lipinski definition) is 5. The van der Waals surface area contributed by atoms with Crippen molar-refractivity contribution in [3.05, 3.63) is 71.7 Å². The van der Waals surface area contributed by atoms with Crippen LogP contribution >= 0.6 is 0 Å². The molecule has 1 unspecified atom stereocenters. The molecule has 166 valence electrons. The fourth-order valence-corrected chi connectivity index (χ4v) is 3.47. The van der Waals surface area contributed by atoms with Gasteiger partial charge in [-0.3, -0.25) is 19.6 Å². The van der Waals surface area contributed by atoms with Crippen LogP contribution in [0.4, 0.5) is 5.69 Å². The minimum atomic E-state index is -0.264. The molecule has 2 amide bonds. The second-order valence-corrected chi connectivity index (χ2v) is 8.05. The van der Waals surface area contributed by atoms with Crippen LogP contribution in [0.1, 0.15) is 42.6 Å². The molecular formula is C25H29N5O2. The number of carbonyl (C=O) groups excluding carboxylic acids is 2. The molecule has 7 nitrogen and oxygen atoms in total. The van der Waals surface area contributed by atoms with Crippen LogP contribution in [0.15, 0.2) is 65.6 Å².